The van der Waals surface area contributed by atoms with Crippen LogP contribution in [-0.2, 0) is 0 Å². The molecule has 8 heteroatoms. The third-order valence-electron chi connectivity index (χ3n) is 8.87. The van der Waals surface area contributed by atoms with Crippen molar-refractivity contribution < 1.29 is 9.85 Å². The number of benzene rings is 5. The molecule has 0 aliphatic heterocycles. The van der Waals surface area contributed by atoms with E-state index in [4.69, 9.17) is 0 Å². The lowest BCUT2D eigenvalue weighted by Gasteiger charge is -2.13. The Morgan fingerprint density at radius 3 is 0.897 bits per heavy atom. The van der Waals surface area contributed by atoms with Crippen LogP contribution in [0.25, 0.3) is 0 Å². The van der Waals surface area contributed by atoms with Gasteiger partial charge in [0.25, 0.3) is 11.4 Å². The monoisotopic (exact) mass is 746 g/mol. The second kappa shape index (κ2) is 16.1. The molecule has 0 saturated heterocycles. The van der Waals surface area contributed by atoms with Crippen LogP contribution >= 0.6 is 0 Å². The molecule has 0 amide bonds. The molecule has 0 atom stereocenters. The molecule has 8 nitrogen and oxygen atoms in total. The lowest BCUT2D eigenvalue weighted by atomic mass is 9.96. The van der Waals surface area contributed by atoms with E-state index in [9.17, 15) is 20.2 Å². The van der Waals surface area contributed by atoms with Crippen molar-refractivity contribution in [3.05, 3.63) is 172 Å². The molecular formula is C50H26N4O4. The lowest BCUT2D eigenvalue weighted by molar-refractivity contribution is -0.385. The maximum atomic E-state index is 11.7. The smallest absolute Gasteiger partial charge is 0.270 e. The maximum absolute atomic E-state index is 11.7. The fourth-order valence-electron chi connectivity index (χ4n) is 5.71. The topological polar surface area (TPSA) is 92.8 Å². The fraction of sp³-hybridized carbons (Fsp3) is 0.0800. The Kier molecular flexibility index (Phi) is 10.4. The maximum Gasteiger partial charge on any atom is 0.270 e. The Labute approximate surface area is 336 Å². The second-order valence-electron chi connectivity index (χ2n) is 13.2. The zero-order valence-electron chi connectivity index (χ0n) is 31.5. The van der Waals surface area contributed by atoms with Crippen molar-refractivity contribution in [3.8, 4) is 94.7 Å². The summed E-state index contributed by atoms with van der Waals surface area (Å²) in [4.78, 5) is 26.3. The largest absolute Gasteiger partial charge is 0.378 e. The number of hydrogen-bond donors (Lipinski definition) is 0. The van der Waals surface area contributed by atoms with Gasteiger partial charge in [-0.1, -0.05) is 71.0 Å². The van der Waals surface area contributed by atoms with Gasteiger partial charge >= 0.3 is 0 Å². The summed E-state index contributed by atoms with van der Waals surface area (Å²) < 4.78 is 0. The Morgan fingerprint density at radius 2 is 0.603 bits per heavy atom. The van der Waals surface area contributed by atoms with Crippen molar-refractivity contribution >= 4 is 22.7 Å². The molecular weight excluding hydrogens is 721 g/mol. The first-order chi connectivity index (χ1) is 28.0. The summed E-state index contributed by atoms with van der Waals surface area (Å²) in [5.74, 6) is 49.6. The van der Waals surface area contributed by atoms with E-state index in [2.05, 4.69) is 94.7 Å². The van der Waals surface area contributed by atoms with Crippen molar-refractivity contribution in [2.75, 3.05) is 38.0 Å². The number of nitrogens with zero attached hydrogens (tertiary/aromatic N) is 4. The molecule has 7 rings (SSSR count). The highest BCUT2D eigenvalue weighted by molar-refractivity contribution is 5.69. The van der Waals surface area contributed by atoms with Gasteiger partial charge in [-0.2, -0.15) is 0 Å². The number of rotatable bonds is 4. The summed E-state index contributed by atoms with van der Waals surface area (Å²) in [6.45, 7) is 0. The third kappa shape index (κ3) is 8.36. The Hall–Kier alpha value is -9.02. The molecule has 2 aliphatic carbocycles. The van der Waals surface area contributed by atoms with E-state index in [-0.39, 0.29) is 22.5 Å². The van der Waals surface area contributed by atoms with Crippen LogP contribution in [0.5, 0.6) is 0 Å². The van der Waals surface area contributed by atoms with Crippen LogP contribution in [0, 0.1) is 115 Å². The normalized spacial score (nSPS) is 10.7. The molecule has 0 saturated carbocycles. The molecule has 4 bridgehead atoms. The van der Waals surface area contributed by atoms with E-state index in [1.807, 2.05) is 80.5 Å². The first-order valence-electron chi connectivity index (χ1n) is 17.5. The van der Waals surface area contributed by atoms with Crippen LogP contribution in [0.4, 0.5) is 22.7 Å². The van der Waals surface area contributed by atoms with Gasteiger partial charge in [0.05, 0.1) is 9.85 Å². The first-order valence-corrected chi connectivity index (χ1v) is 17.5. The predicted molar refractivity (Wildman–Crippen MR) is 226 cm³/mol. The van der Waals surface area contributed by atoms with Gasteiger partial charge in [-0.05, 0) is 84.3 Å². The Morgan fingerprint density at radius 1 is 0.345 bits per heavy atom. The van der Waals surface area contributed by atoms with Crippen LogP contribution in [0.2, 0.25) is 0 Å². The highest BCUT2D eigenvalue weighted by Gasteiger charge is 2.13. The molecule has 2 aliphatic rings. The fourth-order valence-corrected chi connectivity index (χ4v) is 5.71. The highest BCUT2D eigenvalue weighted by Crippen LogP contribution is 2.23. The van der Waals surface area contributed by atoms with Gasteiger partial charge < -0.3 is 9.80 Å². The number of fused-ring (bicyclic) bond motifs is 10. The SMILES string of the molecule is CN(C)c1ccc2c(c1)C#CC#Cc1cc(N(C)C)ccc1C#Cc1cc(c3cc1C#Cc1ccc([N+](=O)[O-])cc1C#CC#Cc1cc([N+](=O)[O-])ccc1C#C3)C#C2. The molecule has 0 spiro atoms. The van der Waals surface area contributed by atoms with Crippen molar-refractivity contribution in [1.82, 2.24) is 0 Å². The van der Waals surface area contributed by atoms with Gasteiger partial charge in [-0.15, -0.1) is 0 Å². The molecule has 58 heavy (non-hydrogen) atoms. The van der Waals surface area contributed by atoms with Gasteiger partial charge in [0.1, 0.15) is 0 Å². The minimum Gasteiger partial charge on any atom is -0.378 e. The van der Waals surface area contributed by atoms with Crippen molar-refractivity contribution in [1.29, 1.82) is 0 Å². The Bertz CT molecular complexity index is 2980. The molecule has 270 valence electrons. The second-order valence-corrected chi connectivity index (χ2v) is 13.2. The molecule has 5 aromatic carbocycles. The number of nitro benzene ring substituents is 2. The van der Waals surface area contributed by atoms with Gasteiger partial charge in [-0.3, -0.25) is 20.2 Å². The van der Waals surface area contributed by atoms with Gasteiger partial charge in [0.2, 0.25) is 0 Å². The summed E-state index contributed by atoms with van der Waals surface area (Å²) in [6, 6.07) is 23.7. The lowest BCUT2D eigenvalue weighted by Crippen LogP contribution is -2.08. The molecule has 0 aromatic heterocycles. The first kappa shape index (κ1) is 37.3. The summed E-state index contributed by atoms with van der Waals surface area (Å²) in [7, 11) is 7.80. The Balaban J connectivity index is 1.55. The van der Waals surface area contributed by atoms with Gasteiger partial charge in [0, 0.05) is 131 Å². The van der Waals surface area contributed by atoms with E-state index >= 15 is 0 Å². The molecule has 0 radical (unpaired) electrons. The molecule has 0 unspecified atom stereocenters. The van der Waals surface area contributed by atoms with Crippen LogP contribution < -0.4 is 9.80 Å². The molecule has 0 fully saturated rings. The standard InChI is InChI=1S/C50H26N4O4/c1-51(2)47-25-21-35-13-17-43-29-44(18-14-36-22-26-48(52(3)4)32-40(36)10-6-5-9-39(35)31-47)46-20-16-38-24-28-50(54(57)58)34-42(38)12-8-7-11-41-33-49(53(55)56)27-23-37(41)15-19-45(43)30-46/h21-34H,1-4H3. The van der Waals surface area contributed by atoms with E-state index < -0.39 is 9.85 Å². The van der Waals surface area contributed by atoms with E-state index in [0.717, 1.165) is 11.4 Å². The zero-order chi connectivity index (χ0) is 40.8. The summed E-state index contributed by atoms with van der Waals surface area (Å²) in [6.07, 6.45) is 0. The van der Waals surface area contributed by atoms with Crippen molar-refractivity contribution in [2.24, 2.45) is 0 Å². The van der Waals surface area contributed by atoms with Crippen LogP contribution in [0.15, 0.2) is 84.9 Å². The number of non-ortho nitro benzene ring substituents is 2. The van der Waals surface area contributed by atoms with Crippen molar-refractivity contribution in [2.45, 2.75) is 0 Å². The molecule has 0 N–H and O–H groups in total. The minimum absolute atomic E-state index is 0.167. The van der Waals surface area contributed by atoms with Crippen LogP contribution in [0.3, 0.4) is 0 Å². The van der Waals surface area contributed by atoms with E-state index in [1.54, 1.807) is 6.07 Å². The minimum atomic E-state index is -0.514. The number of anilines is 2. The zero-order valence-corrected chi connectivity index (χ0v) is 31.5. The third-order valence-corrected chi connectivity index (χ3v) is 8.87. The summed E-state index contributed by atoms with van der Waals surface area (Å²) >= 11 is 0. The summed E-state index contributed by atoms with van der Waals surface area (Å²) in [5.41, 5.74) is 7.82. The van der Waals surface area contributed by atoms with E-state index in [0.29, 0.717) is 55.6 Å². The molecule has 5 aromatic rings. The average Bonchev–Trinajstić information content (AvgIpc) is 3.21. The average molecular weight is 747 g/mol. The predicted octanol–water partition coefficient (Wildman–Crippen LogP) is 6.67. The van der Waals surface area contributed by atoms with Crippen LogP contribution in [-0.4, -0.2) is 38.0 Å². The van der Waals surface area contributed by atoms with Gasteiger partial charge in [0.15, 0.2) is 0 Å². The molecule has 0 heterocycles. The van der Waals surface area contributed by atoms with Crippen molar-refractivity contribution in [3.63, 3.8) is 0 Å². The quantitative estimate of drug-likeness (QED) is 0.116. The van der Waals surface area contributed by atoms with E-state index in [1.165, 1.54) is 36.4 Å². The summed E-state index contributed by atoms with van der Waals surface area (Å²) in [5, 5.41) is 23.4. The van der Waals surface area contributed by atoms with Gasteiger partial charge in [-0.25, -0.2) is 0 Å². The van der Waals surface area contributed by atoms with Crippen LogP contribution in [0.1, 0.15) is 66.8 Å². The highest BCUT2D eigenvalue weighted by atomic mass is 16.6. The number of nitro groups is 2. The number of hydrogen-bond acceptors (Lipinski definition) is 6.